The summed E-state index contributed by atoms with van der Waals surface area (Å²) in [7, 11) is -0.452. The quantitative estimate of drug-likeness (QED) is 0.312. The highest BCUT2D eigenvalue weighted by Crippen LogP contribution is 2.31. The number of aromatic nitrogens is 1. The number of pyridine rings is 1. The van der Waals surface area contributed by atoms with Gasteiger partial charge < -0.3 is 8.92 Å². The lowest BCUT2D eigenvalue weighted by molar-refractivity contribution is -0.646. The van der Waals surface area contributed by atoms with Crippen LogP contribution in [-0.4, -0.2) is 15.5 Å². The van der Waals surface area contributed by atoms with Crippen LogP contribution in [0.4, 0.5) is 0 Å². The van der Waals surface area contributed by atoms with Crippen molar-refractivity contribution in [3.63, 3.8) is 0 Å². The van der Waals surface area contributed by atoms with Gasteiger partial charge in [0.2, 0.25) is 11.2 Å². The number of fused-ring (bicyclic) bond motifs is 1. The lowest BCUT2D eigenvalue weighted by atomic mass is 10.1. The van der Waals surface area contributed by atoms with Gasteiger partial charge in [0, 0.05) is 23.6 Å². The van der Waals surface area contributed by atoms with Gasteiger partial charge in [0.1, 0.15) is 11.9 Å². The Morgan fingerprint density at radius 2 is 1.59 bits per heavy atom. The van der Waals surface area contributed by atoms with Gasteiger partial charge in [0.25, 0.3) is 0 Å². The van der Waals surface area contributed by atoms with E-state index in [2.05, 4.69) is 28.8 Å². The molecule has 0 unspecified atom stereocenters. The van der Waals surface area contributed by atoms with Crippen molar-refractivity contribution in [1.29, 1.82) is 0 Å². The van der Waals surface area contributed by atoms with Gasteiger partial charge in [-0.05, 0) is 55.0 Å². The van der Waals surface area contributed by atoms with Gasteiger partial charge in [-0.3, -0.25) is 0 Å². The summed E-state index contributed by atoms with van der Waals surface area (Å²) in [6, 6.07) is 24.0. The summed E-state index contributed by atoms with van der Waals surface area (Å²) in [5.41, 5.74) is 4.00. The molecule has 6 heteroatoms. The van der Waals surface area contributed by atoms with E-state index < -0.39 is 10.1 Å². The van der Waals surface area contributed by atoms with Crippen LogP contribution in [0.3, 0.4) is 0 Å². The molecule has 3 aromatic carbocycles. The van der Waals surface area contributed by atoms with Gasteiger partial charge in [-0.1, -0.05) is 35.9 Å². The molecule has 4 rings (SSSR count). The SMILES string of the molecule is COc1cc(C=Cc2ccc3ccccc3[n+]2C)ccc1OS(=O)(=O)c1ccc(C)cc1. The van der Waals surface area contributed by atoms with Gasteiger partial charge >= 0.3 is 10.1 Å². The molecule has 0 aliphatic heterocycles. The predicted molar refractivity (Wildman–Crippen MR) is 126 cm³/mol. The first-order valence-electron chi connectivity index (χ1n) is 10.1. The molecule has 0 N–H and O–H groups in total. The molecule has 0 aliphatic carbocycles. The minimum Gasteiger partial charge on any atom is -0.493 e. The maximum atomic E-state index is 12.6. The van der Waals surface area contributed by atoms with Crippen molar-refractivity contribution in [1.82, 2.24) is 0 Å². The summed E-state index contributed by atoms with van der Waals surface area (Å²) in [6.45, 7) is 1.89. The molecule has 0 bridgehead atoms. The average Bonchev–Trinajstić information content (AvgIpc) is 2.79. The molecule has 0 saturated heterocycles. The summed E-state index contributed by atoms with van der Waals surface area (Å²) in [6.07, 6.45) is 3.95. The van der Waals surface area contributed by atoms with Crippen LogP contribution in [0, 0.1) is 6.92 Å². The van der Waals surface area contributed by atoms with Crippen LogP contribution in [0.1, 0.15) is 16.8 Å². The van der Waals surface area contributed by atoms with Crippen LogP contribution in [-0.2, 0) is 17.2 Å². The van der Waals surface area contributed by atoms with Crippen LogP contribution in [0.2, 0.25) is 0 Å². The second-order valence-corrected chi connectivity index (χ2v) is 9.02. The molecule has 0 amide bonds. The first-order chi connectivity index (χ1) is 15.4. The second kappa shape index (κ2) is 8.85. The summed E-state index contributed by atoms with van der Waals surface area (Å²) in [4.78, 5) is 0.0953. The summed E-state index contributed by atoms with van der Waals surface area (Å²) < 4.78 is 38.1. The van der Waals surface area contributed by atoms with E-state index in [1.807, 2.05) is 38.3 Å². The molecule has 1 aromatic heterocycles. The summed E-state index contributed by atoms with van der Waals surface area (Å²) >= 11 is 0. The van der Waals surface area contributed by atoms with Crippen molar-refractivity contribution in [3.8, 4) is 11.5 Å². The maximum absolute atomic E-state index is 12.6. The second-order valence-electron chi connectivity index (χ2n) is 7.47. The smallest absolute Gasteiger partial charge is 0.339 e. The van der Waals surface area contributed by atoms with Crippen molar-refractivity contribution >= 4 is 33.2 Å². The van der Waals surface area contributed by atoms with Crippen molar-refractivity contribution in [2.45, 2.75) is 11.8 Å². The number of aryl methyl sites for hydroxylation is 2. The molecule has 0 atom stereocenters. The number of ether oxygens (including phenoxy) is 1. The Kier molecular flexibility index (Phi) is 5.97. The highest BCUT2D eigenvalue weighted by molar-refractivity contribution is 7.87. The monoisotopic (exact) mass is 446 g/mol. The van der Waals surface area contributed by atoms with Crippen LogP contribution < -0.4 is 13.5 Å². The Morgan fingerprint density at radius 1 is 0.844 bits per heavy atom. The molecule has 0 saturated carbocycles. The number of benzene rings is 3. The summed E-state index contributed by atoms with van der Waals surface area (Å²) in [5.74, 6) is 0.479. The third kappa shape index (κ3) is 4.50. The minimum absolute atomic E-state index is 0.0953. The first-order valence-corrected chi connectivity index (χ1v) is 11.5. The molecule has 162 valence electrons. The predicted octanol–water partition coefficient (Wildman–Crippen LogP) is 4.92. The van der Waals surface area contributed by atoms with Crippen molar-refractivity contribution in [2.24, 2.45) is 7.05 Å². The molecule has 1 heterocycles. The zero-order valence-electron chi connectivity index (χ0n) is 18.1. The molecular weight excluding hydrogens is 422 g/mol. The standard InChI is InChI=1S/C26H24NO4S/c1-19-8-15-23(16-9-19)32(28,29)31-25-17-11-20(18-26(25)30-3)10-13-22-14-12-21-6-4-5-7-24(21)27(22)2/h4-18H,1-3H3/q+1. The molecule has 0 radical (unpaired) electrons. The number of hydrogen-bond acceptors (Lipinski definition) is 4. The largest absolute Gasteiger partial charge is 0.493 e. The minimum atomic E-state index is -3.96. The zero-order valence-corrected chi connectivity index (χ0v) is 19.0. The topological polar surface area (TPSA) is 56.5 Å². The van der Waals surface area contributed by atoms with Gasteiger partial charge in [-0.15, -0.1) is 0 Å². The fraction of sp³-hybridized carbons (Fsp3) is 0.115. The number of nitrogens with zero attached hydrogens (tertiary/aromatic N) is 1. The van der Waals surface area contributed by atoms with Crippen LogP contribution in [0.25, 0.3) is 23.1 Å². The Labute approximate surface area is 188 Å². The van der Waals surface area contributed by atoms with E-state index in [1.165, 1.54) is 24.6 Å². The fourth-order valence-corrected chi connectivity index (χ4v) is 4.38. The highest BCUT2D eigenvalue weighted by atomic mass is 32.2. The number of para-hydroxylation sites is 1. The molecule has 0 aliphatic rings. The first kappa shape index (κ1) is 21.6. The third-order valence-electron chi connectivity index (χ3n) is 5.26. The van der Waals surface area contributed by atoms with Gasteiger partial charge in [0.05, 0.1) is 7.11 Å². The van der Waals surface area contributed by atoms with E-state index in [0.717, 1.165) is 22.3 Å². The molecule has 4 aromatic rings. The number of methoxy groups -OCH3 is 1. The lowest BCUT2D eigenvalue weighted by Crippen LogP contribution is -2.32. The normalized spacial score (nSPS) is 11.7. The molecular formula is C26H24NO4S+. The molecule has 32 heavy (non-hydrogen) atoms. The van der Waals surface area contributed by atoms with Crippen molar-refractivity contribution in [3.05, 3.63) is 95.7 Å². The highest BCUT2D eigenvalue weighted by Gasteiger charge is 2.19. The van der Waals surface area contributed by atoms with E-state index in [0.29, 0.717) is 5.75 Å². The molecule has 0 spiro atoms. The Balaban J connectivity index is 1.60. The van der Waals surface area contributed by atoms with E-state index in [9.17, 15) is 8.42 Å². The molecule has 5 nitrogen and oxygen atoms in total. The third-order valence-corrected chi connectivity index (χ3v) is 6.51. The Hall–Kier alpha value is -3.64. The number of hydrogen-bond donors (Lipinski definition) is 0. The summed E-state index contributed by atoms with van der Waals surface area (Å²) in [5, 5.41) is 1.17. The van der Waals surface area contributed by atoms with Crippen LogP contribution in [0.5, 0.6) is 11.5 Å². The number of rotatable bonds is 6. The van der Waals surface area contributed by atoms with Gasteiger partial charge in [-0.2, -0.15) is 13.0 Å². The Morgan fingerprint density at radius 3 is 2.34 bits per heavy atom. The maximum Gasteiger partial charge on any atom is 0.339 e. The zero-order chi connectivity index (χ0) is 22.7. The Bertz CT molecular complexity index is 1410. The van der Waals surface area contributed by atoms with E-state index in [1.54, 1.807) is 30.3 Å². The van der Waals surface area contributed by atoms with Crippen molar-refractivity contribution in [2.75, 3.05) is 7.11 Å². The van der Waals surface area contributed by atoms with Gasteiger partial charge in [-0.25, -0.2) is 0 Å². The van der Waals surface area contributed by atoms with Crippen LogP contribution in [0.15, 0.2) is 83.8 Å². The lowest BCUT2D eigenvalue weighted by Gasteiger charge is -2.11. The van der Waals surface area contributed by atoms with E-state index >= 15 is 0 Å². The molecule has 0 fully saturated rings. The van der Waals surface area contributed by atoms with Crippen LogP contribution >= 0.6 is 0 Å². The fourth-order valence-electron chi connectivity index (χ4n) is 3.44. The van der Waals surface area contributed by atoms with E-state index in [-0.39, 0.29) is 10.6 Å². The average molecular weight is 447 g/mol. The van der Waals surface area contributed by atoms with Gasteiger partial charge in [0.15, 0.2) is 11.5 Å². The van der Waals surface area contributed by atoms with E-state index in [4.69, 9.17) is 8.92 Å². The van der Waals surface area contributed by atoms with Crippen molar-refractivity contribution < 1.29 is 21.9 Å².